The Morgan fingerprint density at radius 1 is 1.44 bits per heavy atom. The summed E-state index contributed by atoms with van der Waals surface area (Å²) in [5.41, 5.74) is 0. The number of hydrogen-bond donors (Lipinski definition) is 2. The van der Waals surface area contributed by atoms with E-state index in [1.54, 1.807) is 0 Å². The Bertz CT molecular complexity index is 319. The first-order chi connectivity index (χ1) is 7.47. The van der Waals surface area contributed by atoms with Gasteiger partial charge in [-0.2, -0.15) is 0 Å². The first kappa shape index (κ1) is 13.4. The zero-order valence-corrected chi connectivity index (χ0v) is 10.5. The molecule has 0 saturated carbocycles. The molecule has 1 fully saturated rings. The number of rotatable bonds is 4. The van der Waals surface area contributed by atoms with E-state index in [0.29, 0.717) is 0 Å². The highest BCUT2D eigenvalue weighted by molar-refractivity contribution is 7.90. The van der Waals surface area contributed by atoms with E-state index in [9.17, 15) is 13.2 Å². The van der Waals surface area contributed by atoms with E-state index in [-0.39, 0.29) is 24.1 Å². The van der Waals surface area contributed by atoms with Gasteiger partial charge in [-0.05, 0) is 19.4 Å². The molecule has 1 heterocycles. The van der Waals surface area contributed by atoms with Crippen LogP contribution in [0.3, 0.4) is 0 Å². The van der Waals surface area contributed by atoms with E-state index < -0.39 is 9.84 Å². The SMILES string of the molecule is CS(=O)(=O)CCC(=O)NC1CCCCNC1. The van der Waals surface area contributed by atoms with Crippen LogP contribution in [0.1, 0.15) is 25.7 Å². The lowest BCUT2D eigenvalue weighted by Crippen LogP contribution is -2.41. The van der Waals surface area contributed by atoms with E-state index in [1.807, 2.05) is 0 Å². The van der Waals surface area contributed by atoms with Gasteiger partial charge in [0.05, 0.1) is 5.75 Å². The molecule has 0 radical (unpaired) electrons. The van der Waals surface area contributed by atoms with Gasteiger partial charge >= 0.3 is 0 Å². The second-order valence-corrected chi connectivity index (χ2v) is 6.60. The lowest BCUT2D eigenvalue weighted by Gasteiger charge is -2.16. The van der Waals surface area contributed by atoms with Gasteiger partial charge < -0.3 is 10.6 Å². The normalized spacial score (nSPS) is 22.4. The Balaban J connectivity index is 2.27. The van der Waals surface area contributed by atoms with Crippen LogP contribution in [0.15, 0.2) is 0 Å². The first-order valence-electron chi connectivity index (χ1n) is 5.65. The van der Waals surface area contributed by atoms with E-state index in [1.165, 1.54) is 0 Å². The molecule has 0 bridgehead atoms. The van der Waals surface area contributed by atoms with E-state index in [0.717, 1.165) is 38.6 Å². The minimum Gasteiger partial charge on any atom is -0.352 e. The summed E-state index contributed by atoms with van der Waals surface area (Å²) < 4.78 is 21.8. The van der Waals surface area contributed by atoms with Gasteiger partial charge in [-0.25, -0.2) is 8.42 Å². The van der Waals surface area contributed by atoms with Gasteiger partial charge in [0.2, 0.25) is 5.91 Å². The van der Waals surface area contributed by atoms with E-state index in [2.05, 4.69) is 10.6 Å². The fourth-order valence-corrected chi connectivity index (χ4v) is 2.28. The number of hydrogen-bond acceptors (Lipinski definition) is 4. The average Bonchev–Trinajstić information content (AvgIpc) is 2.42. The molecule has 0 aliphatic carbocycles. The predicted octanol–water partition coefficient (Wildman–Crippen LogP) is -0.321. The zero-order valence-electron chi connectivity index (χ0n) is 9.66. The van der Waals surface area contributed by atoms with Crippen molar-refractivity contribution < 1.29 is 13.2 Å². The van der Waals surface area contributed by atoms with Crippen molar-refractivity contribution in [1.29, 1.82) is 0 Å². The van der Waals surface area contributed by atoms with Gasteiger partial charge in [0.1, 0.15) is 9.84 Å². The van der Waals surface area contributed by atoms with Crippen LogP contribution in [0.4, 0.5) is 0 Å². The second kappa shape index (κ2) is 6.20. The summed E-state index contributed by atoms with van der Waals surface area (Å²) in [6.45, 7) is 1.78. The van der Waals surface area contributed by atoms with Gasteiger partial charge in [0, 0.05) is 25.3 Å². The average molecular weight is 248 g/mol. The summed E-state index contributed by atoms with van der Waals surface area (Å²) in [5, 5.41) is 6.11. The molecule has 1 saturated heterocycles. The van der Waals surface area contributed by atoms with Crippen molar-refractivity contribution in [3.8, 4) is 0 Å². The van der Waals surface area contributed by atoms with Crippen LogP contribution in [0.25, 0.3) is 0 Å². The minimum absolute atomic E-state index is 0.0648. The Morgan fingerprint density at radius 2 is 2.19 bits per heavy atom. The zero-order chi connectivity index (χ0) is 12.0. The van der Waals surface area contributed by atoms with Crippen LogP contribution >= 0.6 is 0 Å². The summed E-state index contributed by atoms with van der Waals surface area (Å²) in [7, 11) is -3.04. The van der Waals surface area contributed by atoms with Crippen LogP contribution in [0.5, 0.6) is 0 Å². The highest BCUT2D eigenvalue weighted by Gasteiger charge is 2.15. The molecule has 5 nitrogen and oxygen atoms in total. The summed E-state index contributed by atoms with van der Waals surface area (Å²) in [6.07, 6.45) is 4.42. The van der Waals surface area contributed by atoms with Crippen LogP contribution < -0.4 is 10.6 Å². The topological polar surface area (TPSA) is 75.3 Å². The molecule has 6 heteroatoms. The molecule has 94 valence electrons. The van der Waals surface area contributed by atoms with Gasteiger partial charge in [0.15, 0.2) is 0 Å². The third-order valence-electron chi connectivity index (χ3n) is 2.61. The predicted molar refractivity (Wildman–Crippen MR) is 63.0 cm³/mol. The van der Waals surface area contributed by atoms with Crippen LogP contribution in [-0.4, -0.2) is 45.5 Å². The molecule has 1 aliphatic heterocycles. The number of sulfone groups is 1. The molecule has 16 heavy (non-hydrogen) atoms. The molecular formula is C10H20N2O3S. The van der Waals surface area contributed by atoms with Crippen molar-refractivity contribution in [3.63, 3.8) is 0 Å². The summed E-state index contributed by atoms with van der Waals surface area (Å²) in [5.74, 6) is -0.238. The quantitative estimate of drug-likeness (QED) is 0.715. The molecule has 1 aliphatic rings. The smallest absolute Gasteiger partial charge is 0.221 e. The Morgan fingerprint density at radius 3 is 2.88 bits per heavy atom. The summed E-state index contributed by atoms with van der Waals surface area (Å²) >= 11 is 0. The highest BCUT2D eigenvalue weighted by atomic mass is 32.2. The lowest BCUT2D eigenvalue weighted by molar-refractivity contribution is -0.121. The van der Waals surface area contributed by atoms with Crippen molar-refractivity contribution in [2.45, 2.75) is 31.7 Å². The lowest BCUT2D eigenvalue weighted by atomic mass is 10.1. The van der Waals surface area contributed by atoms with Crippen molar-refractivity contribution >= 4 is 15.7 Å². The highest BCUT2D eigenvalue weighted by Crippen LogP contribution is 2.04. The van der Waals surface area contributed by atoms with Crippen LogP contribution in [0.2, 0.25) is 0 Å². The first-order valence-corrected chi connectivity index (χ1v) is 7.71. The maximum absolute atomic E-state index is 11.5. The molecule has 1 rings (SSSR count). The van der Waals surface area contributed by atoms with Gasteiger partial charge in [-0.15, -0.1) is 0 Å². The molecule has 1 unspecified atom stereocenters. The number of carbonyl (C=O) groups is 1. The molecule has 1 amide bonds. The van der Waals surface area contributed by atoms with Gasteiger partial charge in [-0.1, -0.05) is 6.42 Å². The summed E-state index contributed by atoms with van der Waals surface area (Å²) in [4.78, 5) is 11.5. The number of amides is 1. The monoisotopic (exact) mass is 248 g/mol. The third kappa shape index (κ3) is 6.07. The number of nitrogens with one attached hydrogen (secondary N) is 2. The molecular weight excluding hydrogens is 228 g/mol. The Hall–Kier alpha value is -0.620. The molecule has 0 aromatic carbocycles. The molecule has 0 aromatic rings. The maximum Gasteiger partial charge on any atom is 0.221 e. The molecule has 1 atom stereocenters. The summed E-state index contributed by atoms with van der Waals surface area (Å²) in [6, 6.07) is 0.148. The largest absolute Gasteiger partial charge is 0.352 e. The maximum atomic E-state index is 11.5. The molecule has 2 N–H and O–H groups in total. The van der Waals surface area contributed by atoms with Crippen molar-refractivity contribution in [3.05, 3.63) is 0 Å². The fourth-order valence-electron chi connectivity index (χ4n) is 1.72. The van der Waals surface area contributed by atoms with Crippen LogP contribution in [0, 0.1) is 0 Å². The third-order valence-corrected chi connectivity index (χ3v) is 3.56. The van der Waals surface area contributed by atoms with E-state index in [4.69, 9.17) is 0 Å². The molecule has 0 aromatic heterocycles. The van der Waals surface area contributed by atoms with Crippen molar-refractivity contribution in [1.82, 2.24) is 10.6 Å². The Labute approximate surface area is 96.9 Å². The van der Waals surface area contributed by atoms with Gasteiger partial charge in [0.25, 0.3) is 0 Å². The Kier molecular flexibility index (Phi) is 5.21. The number of carbonyl (C=O) groups excluding carboxylic acids is 1. The minimum atomic E-state index is -3.04. The van der Waals surface area contributed by atoms with Gasteiger partial charge in [-0.3, -0.25) is 4.79 Å². The second-order valence-electron chi connectivity index (χ2n) is 4.34. The molecule has 0 spiro atoms. The fraction of sp³-hybridized carbons (Fsp3) is 0.900. The van der Waals surface area contributed by atoms with Crippen molar-refractivity contribution in [2.75, 3.05) is 25.1 Å². The standard InChI is InChI=1S/C10H20N2O3S/c1-16(14,15)7-5-10(13)12-9-4-2-3-6-11-8-9/h9,11H,2-8H2,1H3,(H,12,13). The van der Waals surface area contributed by atoms with E-state index >= 15 is 0 Å². The van der Waals surface area contributed by atoms with Crippen LogP contribution in [-0.2, 0) is 14.6 Å². The van der Waals surface area contributed by atoms with Crippen molar-refractivity contribution in [2.24, 2.45) is 0 Å².